The highest BCUT2D eigenvalue weighted by atomic mass is 32.2. The van der Waals surface area contributed by atoms with E-state index >= 15 is 0 Å². The molecule has 1 fully saturated rings. The Hall–Kier alpha value is -2.42. The van der Waals surface area contributed by atoms with Crippen LogP contribution in [-0.2, 0) is 14.8 Å². The Balaban J connectivity index is 1.71. The van der Waals surface area contributed by atoms with Crippen LogP contribution >= 0.6 is 0 Å². The number of amides is 1. The van der Waals surface area contributed by atoms with E-state index in [2.05, 4.69) is 5.32 Å². The van der Waals surface area contributed by atoms with Crippen molar-refractivity contribution < 1.29 is 22.7 Å². The zero-order chi connectivity index (χ0) is 19.4. The molecule has 1 aliphatic rings. The highest BCUT2D eigenvalue weighted by molar-refractivity contribution is 7.89. The average Bonchev–Trinajstić information content (AvgIpc) is 3.13. The molecule has 8 heteroatoms. The van der Waals surface area contributed by atoms with Crippen molar-refractivity contribution in [2.75, 3.05) is 18.5 Å². The minimum Gasteiger partial charge on any atom is -0.491 e. The minimum atomic E-state index is -3.88. The number of ether oxygens (including phenoxy) is 2. The molecular weight excluding hydrogens is 368 g/mol. The average molecular weight is 390 g/mol. The van der Waals surface area contributed by atoms with Gasteiger partial charge in [0, 0.05) is 23.9 Å². The van der Waals surface area contributed by atoms with Gasteiger partial charge in [-0.3, -0.25) is 4.79 Å². The maximum Gasteiger partial charge on any atom is 0.255 e. The summed E-state index contributed by atoms with van der Waals surface area (Å²) < 4.78 is 34.3. The monoisotopic (exact) mass is 390 g/mol. The summed E-state index contributed by atoms with van der Waals surface area (Å²) in [4.78, 5) is 12.5. The lowest BCUT2D eigenvalue weighted by atomic mass is 10.1. The van der Waals surface area contributed by atoms with Gasteiger partial charge in [-0.05, 0) is 49.6 Å². The zero-order valence-corrected chi connectivity index (χ0v) is 15.8. The molecular formula is C19H22N2O5S. The maximum absolute atomic E-state index is 12.6. The van der Waals surface area contributed by atoms with E-state index in [1.807, 2.05) is 0 Å². The van der Waals surface area contributed by atoms with Crippen LogP contribution in [0.4, 0.5) is 5.69 Å². The number of hydrogen-bond acceptors (Lipinski definition) is 5. The summed E-state index contributed by atoms with van der Waals surface area (Å²) >= 11 is 0. The van der Waals surface area contributed by atoms with E-state index in [1.54, 1.807) is 37.3 Å². The Labute approximate surface area is 158 Å². The number of carbonyl (C=O) groups is 1. The molecule has 144 valence electrons. The summed E-state index contributed by atoms with van der Waals surface area (Å²) in [6.45, 7) is 2.96. The Bertz CT molecular complexity index is 937. The molecule has 1 atom stereocenters. The largest absolute Gasteiger partial charge is 0.491 e. The predicted octanol–water partition coefficient (Wildman–Crippen LogP) is 2.45. The first-order valence-corrected chi connectivity index (χ1v) is 10.2. The lowest BCUT2D eigenvalue weighted by molar-refractivity contribution is 0.0680. The normalized spacial score (nSPS) is 16.9. The molecule has 0 bridgehead atoms. The summed E-state index contributed by atoms with van der Waals surface area (Å²) in [6, 6.07) is 11.2. The first kappa shape index (κ1) is 19.3. The molecule has 3 N–H and O–H groups in total. The zero-order valence-electron chi connectivity index (χ0n) is 15.0. The number of sulfonamides is 1. The van der Waals surface area contributed by atoms with Crippen LogP contribution in [0.3, 0.4) is 0 Å². The highest BCUT2D eigenvalue weighted by Crippen LogP contribution is 2.21. The van der Waals surface area contributed by atoms with E-state index in [4.69, 9.17) is 14.6 Å². The van der Waals surface area contributed by atoms with Gasteiger partial charge in [-0.1, -0.05) is 12.1 Å². The molecule has 1 saturated heterocycles. The molecule has 0 aromatic heterocycles. The third-order valence-corrected chi connectivity index (χ3v) is 5.24. The molecule has 0 unspecified atom stereocenters. The Morgan fingerprint density at radius 2 is 2.11 bits per heavy atom. The van der Waals surface area contributed by atoms with Crippen LogP contribution in [0.2, 0.25) is 0 Å². The van der Waals surface area contributed by atoms with Crippen molar-refractivity contribution in [3.63, 3.8) is 0 Å². The second kappa shape index (κ2) is 8.08. The van der Waals surface area contributed by atoms with Gasteiger partial charge in [0.25, 0.3) is 5.91 Å². The van der Waals surface area contributed by atoms with E-state index in [1.165, 1.54) is 12.1 Å². The highest BCUT2D eigenvalue weighted by Gasteiger charge is 2.17. The fourth-order valence-corrected chi connectivity index (χ4v) is 3.39. The van der Waals surface area contributed by atoms with Crippen molar-refractivity contribution in [2.24, 2.45) is 5.14 Å². The van der Waals surface area contributed by atoms with Crippen molar-refractivity contribution in [1.82, 2.24) is 0 Å². The van der Waals surface area contributed by atoms with Gasteiger partial charge in [0.05, 0.1) is 11.0 Å². The standard InChI is InChI=1S/C19H22N2O5S/c1-13-7-8-17(27(20,23)24)11-18(13)19(22)21-14-4-2-5-15(10-14)26-12-16-6-3-9-25-16/h2,4-5,7-8,10-11,16H,3,6,9,12H2,1H3,(H,21,22)(H2,20,23,24)/t16-/m0/s1. The first-order valence-electron chi connectivity index (χ1n) is 8.62. The van der Waals surface area contributed by atoms with Crippen molar-refractivity contribution in [3.05, 3.63) is 53.6 Å². The minimum absolute atomic E-state index is 0.104. The van der Waals surface area contributed by atoms with Gasteiger partial charge in [-0.2, -0.15) is 0 Å². The van der Waals surface area contributed by atoms with Gasteiger partial charge in [-0.15, -0.1) is 0 Å². The van der Waals surface area contributed by atoms with E-state index < -0.39 is 15.9 Å². The molecule has 2 aromatic carbocycles. The number of anilines is 1. The molecule has 27 heavy (non-hydrogen) atoms. The van der Waals surface area contributed by atoms with Crippen LogP contribution < -0.4 is 15.2 Å². The lowest BCUT2D eigenvalue weighted by Crippen LogP contribution is -2.17. The van der Waals surface area contributed by atoms with E-state index in [0.29, 0.717) is 23.6 Å². The number of primary sulfonamides is 1. The predicted molar refractivity (Wildman–Crippen MR) is 101 cm³/mol. The molecule has 2 aromatic rings. The van der Waals surface area contributed by atoms with Gasteiger partial charge < -0.3 is 14.8 Å². The van der Waals surface area contributed by atoms with E-state index in [0.717, 1.165) is 19.4 Å². The third-order valence-electron chi connectivity index (χ3n) is 4.33. The number of rotatable bonds is 6. The Morgan fingerprint density at radius 1 is 1.30 bits per heavy atom. The fraction of sp³-hybridized carbons (Fsp3) is 0.316. The van der Waals surface area contributed by atoms with Crippen molar-refractivity contribution in [1.29, 1.82) is 0 Å². The van der Waals surface area contributed by atoms with E-state index in [-0.39, 0.29) is 16.6 Å². The molecule has 3 rings (SSSR count). The number of aryl methyl sites for hydroxylation is 1. The van der Waals surface area contributed by atoms with Gasteiger partial charge in [0.15, 0.2) is 0 Å². The SMILES string of the molecule is Cc1ccc(S(N)(=O)=O)cc1C(=O)Nc1cccc(OC[C@@H]2CCCO2)c1. The van der Waals surface area contributed by atoms with Crippen molar-refractivity contribution >= 4 is 21.6 Å². The van der Waals surface area contributed by atoms with Gasteiger partial charge in [0.1, 0.15) is 12.4 Å². The summed E-state index contributed by atoms with van der Waals surface area (Å²) in [5, 5.41) is 7.91. The third kappa shape index (κ3) is 5.06. The van der Waals surface area contributed by atoms with Crippen LogP contribution in [0, 0.1) is 6.92 Å². The van der Waals surface area contributed by atoms with Crippen LogP contribution in [0.25, 0.3) is 0 Å². The molecule has 1 heterocycles. The number of hydrogen-bond donors (Lipinski definition) is 2. The number of carbonyl (C=O) groups excluding carboxylic acids is 1. The smallest absolute Gasteiger partial charge is 0.255 e. The Morgan fingerprint density at radius 3 is 2.81 bits per heavy atom. The molecule has 0 radical (unpaired) electrons. The summed E-state index contributed by atoms with van der Waals surface area (Å²) in [6.07, 6.45) is 2.13. The second-order valence-corrected chi connectivity index (χ2v) is 8.01. The maximum atomic E-state index is 12.6. The second-order valence-electron chi connectivity index (χ2n) is 6.45. The number of benzene rings is 2. The van der Waals surface area contributed by atoms with Gasteiger partial charge >= 0.3 is 0 Å². The van der Waals surface area contributed by atoms with Gasteiger partial charge in [0.2, 0.25) is 10.0 Å². The van der Waals surface area contributed by atoms with Crippen LogP contribution in [0.5, 0.6) is 5.75 Å². The number of nitrogens with one attached hydrogen (secondary N) is 1. The first-order chi connectivity index (χ1) is 12.8. The lowest BCUT2D eigenvalue weighted by Gasteiger charge is -2.13. The number of nitrogens with two attached hydrogens (primary N) is 1. The molecule has 0 spiro atoms. The quantitative estimate of drug-likeness (QED) is 0.788. The summed E-state index contributed by atoms with van der Waals surface area (Å²) in [5.74, 6) is 0.201. The van der Waals surface area contributed by atoms with Crippen molar-refractivity contribution in [3.8, 4) is 5.75 Å². The van der Waals surface area contributed by atoms with Crippen LogP contribution in [-0.4, -0.2) is 33.6 Å². The van der Waals surface area contributed by atoms with E-state index in [9.17, 15) is 13.2 Å². The molecule has 7 nitrogen and oxygen atoms in total. The van der Waals surface area contributed by atoms with Crippen LogP contribution in [0.15, 0.2) is 47.4 Å². The molecule has 1 amide bonds. The fourth-order valence-electron chi connectivity index (χ4n) is 2.85. The summed E-state index contributed by atoms with van der Waals surface area (Å²) in [7, 11) is -3.88. The molecule has 0 aliphatic carbocycles. The molecule has 1 aliphatic heterocycles. The Kier molecular flexibility index (Phi) is 5.79. The van der Waals surface area contributed by atoms with Crippen molar-refractivity contribution in [2.45, 2.75) is 30.8 Å². The van der Waals surface area contributed by atoms with Gasteiger partial charge in [-0.25, -0.2) is 13.6 Å². The summed E-state index contributed by atoms with van der Waals surface area (Å²) in [5.41, 5.74) is 1.43. The van der Waals surface area contributed by atoms with Crippen LogP contribution in [0.1, 0.15) is 28.8 Å². The topological polar surface area (TPSA) is 108 Å². The molecule has 0 saturated carbocycles.